The van der Waals surface area contributed by atoms with E-state index in [0.717, 1.165) is 189 Å². The maximum Gasteiger partial charge on any atom is 0.164 e. The van der Waals surface area contributed by atoms with Crippen molar-refractivity contribution in [3.05, 3.63) is 394 Å². The fourth-order valence-electron chi connectivity index (χ4n) is 16.6. The van der Waals surface area contributed by atoms with Gasteiger partial charge in [0.25, 0.3) is 0 Å². The molecule has 0 aliphatic heterocycles. The molecule has 0 amide bonds. The molecule has 11 heteroatoms. The minimum Gasteiger partial charge on any atom is -0.453 e. The van der Waals surface area contributed by atoms with Gasteiger partial charge in [-0.3, -0.25) is 0 Å². The fourth-order valence-corrected chi connectivity index (χ4v) is 16.6. The topological polar surface area (TPSA) is 126 Å². The number of benzene rings is 15. The van der Waals surface area contributed by atoms with Gasteiger partial charge in [0.05, 0.1) is 61.3 Å². The van der Waals surface area contributed by atoms with E-state index in [9.17, 15) is 0 Å². The third kappa shape index (κ3) is 11.6. The number of para-hydroxylation sites is 5. The molecule has 0 unspecified atom stereocenters. The summed E-state index contributed by atoms with van der Waals surface area (Å²) in [6, 6.07) is 136. The van der Waals surface area contributed by atoms with Gasteiger partial charge in [0.15, 0.2) is 34.5 Å². The number of furan rings is 2. The van der Waals surface area contributed by atoms with E-state index in [2.05, 4.69) is 294 Å². The van der Waals surface area contributed by atoms with Gasteiger partial charge in [-0.15, -0.1) is 0 Å². The molecule has 23 aromatic rings. The molecule has 0 saturated carbocycles. The highest BCUT2D eigenvalue weighted by Crippen LogP contribution is 2.49. The second-order valence-electron chi connectivity index (χ2n) is 29.0. The number of pyridine rings is 2. The predicted octanol–water partition coefficient (Wildman–Crippen LogP) is 27.0. The average molecular weight is 1480 g/mol. The number of fused-ring (bicyclic) bond motifs is 15. The van der Waals surface area contributed by atoms with Crippen molar-refractivity contribution >= 4 is 98.5 Å². The molecule has 0 atom stereocenters. The number of aromatic nitrogens is 9. The molecule has 0 spiro atoms. The van der Waals surface area contributed by atoms with Crippen LogP contribution in [0.2, 0.25) is 0 Å². The first-order valence-electron chi connectivity index (χ1n) is 38.8. The number of nitrogens with zero attached hydrogens (tertiary/aromatic N) is 9. The zero-order chi connectivity index (χ0) is 76.6. The van der Waals surface area contributed by atoms with Gasteiger partial charge in [-0.2, -0.15) is 0 Å². The van der Waals surface area contributed by atoms with Crippen molar-refractivity contribution in [3.8, 4) is 124 Å². The maximum absolute atomic E-state index is 6.99. The standard InChI is InChI=1S/C54H33N5O.C51H32N4O/c1-3-15-38(16-4-1)52-56-53(39-17-5-2-6-18-39)58-54(57-52)40-32-28-35(29-33-40)34-26-30-37(31-27-34)48-47-49-51(60-50(47)42-21-9-11-23-44(42)55-48)43-22-10-12-24-46(43)59(49)45-25-13-19-36-14-7-8-20-41(36)45;1-4-16-34(17-5-1)43-32-44(54-51(53-43)36-18-6-2-7-19-36)35-30-28-33(29-31-35)38-22-10-11-23-39(38)47-46-48-50(56-49(46)40-24-12-14-26-42(40)52-47)41-25-13-15-27-45(41)55(48)37-20-8-3-9-21-37/h1-33H;1-32H. The third-order valence-corrected chi connectivity index (χ3v) is 22.1. The molecule has 0 saturated heterocycles. The highest BCUT2D eigenvalue weighted by molar-refractivity contribution is 6.26. The second-order valence-corrected chi connectivity index (χ2v) is 29.0. The van der Waals surface area contributed by atoms with Crippen LogP contribution in [0, 0.1) is 0 Å². The van der Waals surface area contributed by atoms with Gasteiger partial charge >= 0.3 is 0 Å². The van der Waals surface area contributed by atoms with Gasteiger partial charge in [0.2, 0.25) is 0 Å². The molecule has 15 aromatic carbocycles. The molecule has 8 aromatic heterocycles. The van der Waals surface area contributed by atoms with Crippen molar-refractivity contribution in [2.75, 3.05) is 0 Å². The minimum atomic E-state index is 0.628. The third-order valence-electron chi connectivity index (χ3n) is 22.1. The van der Waals surface area contributed by atoms with Crippen LogP contribution in [0.4, 0.5) is 0 Å². The lowest BCUT2D eigenvalue weighted by molar-refractivity contribution is 0.676. The Morgan fingerprint density at radius 3 is 1.13 bits per heavy atom. The summed E-state index contributed by atoms with van der Waals surface area (Å²) in [5.41, 5.74) is 27.3. The molecule has 0 bridgehead atoms. The molecular weight excluding hydrogens is 1420 g/mol. The van der Waals surface area contributed by atoms with Crippen LogP contribution < -0.4 is 0 Å². The van der Waals surface area contributed by atoms with Gasteiger partial charge in [0.1, 0.15) is 22.2 Å². The molecule has 116 heavy (non-hydrogen) atoms. The van der Waals surface area contributed by atoms with Gasteiger partial charge in [0, 0.05) is 77.1 Å². The van der Waals surface area contributed by atoms with Crippen molar-refractivity contribution in [1.82, 2.24) is 44.0 Å². The highest BCUT2D eigenvalue weighted by atomic mass is 16.3. The first-order valence-corrected chi connectivity index (χ1v) is 38.8. The van der Waals surface area contributed by atoms with Crippen LogP contribution >= 0.6 is 0 Å². The zero-order valence-corrected chi connectivity index (χ0v) is 62.4. The van der Waals surface area contributed by atoms with Gasteiger partial charge < -0.3 is 18.0 Å². The zero-order valence-electron chi connectivity index (χ0n) is 62.4. The van der Waals surface area contributed by atoms with E-state index in [1.807, 2.05) is 109 Å². The number of hydrogen-bond donors (Lipinski definition) is 0. The quantitative estimate of drug-likeness (QED) is 0.117. The Kier molecular flexibility index (Phi) is 16.3. The summed E-state index contributed by atoms with van der Waals surface area (Å²) in [5.74, 6) is 2.61. The molecule has 11 nitrogen and oxygen atoms in total. The van der Waals surface area contributed by atoms with Crippen molar-refractivity contribution in [2.45, 2.75) is 0 Å². The molecule has 0 aliphatic carbocycles. The summed E-state index contributed by atoms with van der Waals surface area (Å²) in [4.78, 5) is 35.6. The van der Waals surface area contributed by atoms with Crippen LogP contribution in [-0.2, 0) is 0 Å². The first kappa shape index (κ1) is 67.1. The molecule has 0 fully saturated rings. The van der Waals surface area contributed by atoms with Crippen LogP contribution in [0.25, 0.3) is 223 Å². The summed E-state index contributed by atoms with van der Waals surface area (Å²) in [7, 11) is 0. The largest absolute Gasteiger partial charge is 0.453 e. The van der Waals surface area contributed by atoms with Crippen LogP contribution in [0.5, 0.6) is 0 Å². The van der Waals surface area contributed by atoms with Gasteiger partial charge in [-0.05, 0) is 100 Å². The van der Waals surface area contributed by atoms with E-state index in [0.29, 0.717) is 23.3 Å². The Morgan fingerprint density at radius 1 is 0.216 bits per heavy atom. The van der Waals surface area contributed by atoms with E-state index in [4.69, 9.17) is 43.7 Å². The van der Waals surface area contributed by atoms with Crippen LogP contribution in [-0.4, -0.2) is 44.0 Å². The van der Waals surface area contributed by atoms with Crippen molar-refractivity contribution in [2.24, 2.45) is 0 Å². The summed E-state index contributed by atoms with van der Waals surface area (Å²) < 4.78 is 18.6. The lowest BCUT2D eigenvalue weighted by Crippen LogP contribution is -2.00. The van der Waals surface area contributed by atoms with Crippen molar-refractivity contribution in [1.29, 1.82) is 0 Å². The second kappa shape index (κ2) is 28.2. The van der Waals surface area contributed by atoms with E-state index in [1.165, 1.54) is 10.8 Å². The summed E-state index contributed by atoms with van der Waals surface area (Å²) in [6.07, 6.45) is 0. The first-order chi connectivity index (χ1) is 57.5. The number of rotatable bonds is 12. The van der Waals surface area contributed by atoms with Crippen LogP contribution in [0.15, 0.2) is 403 Å². The smallest absolute Gasteiger partial charge is 0.164 e. The maximum atomic E-state index is 6.99. The summed E-state index contributed by atoms with van der Waals surface area (Å²) in [5, 5.41) is 8.45. The molecule has 0 N–H and O–H groups in total. The minimum absolute atomic E-state index is 0.628. The van der Waals surface area contributed by atoms with E-state index in [-0.39, 0.29) is 0 Å². The molecular formula is C105H65N9O2. The molecule has 8 heterocycles. The predicted molar refractivity (Wildman–Crippen MR) is 473 cm³/mol. The summed E-state index contributed by atoms with van der Waals surface area (Å²) >= 11 is 0. The highest BCUT2D eigenvalue weighted by Gasteiger charge is 2.29. The average Bonchev–Trinajstić information content (AvgIpc) is 1.54. The monoisotopic (exact) mass is 1480 g/mol. The van der Waals surface area contributed by atoms with E-state index in [1.54, 1.807) is 0 Å². The van der Waals surface area contributed by atoms with Gasteiger partial charge in [-0.25, -0.2) is 34.9 Å². The molecule has 0 aliphatic rings. The van der Waals surface area contributed by atoms with Crippen LogP contribution in [0.3, 0.4) is 0 Å². The summed E-state index contributed by atoms with van der Waals surface area (Å²) in [6.45, 7) is 0. The fraction of sp³-hybridized carbons (Fsp3) is 0. The Balaban J connectivity index is 0.000000141. The van der Waals surface area contributed by atoms with E-state index >= 15 is 0 Å². The lowest BCUT2D eigenvalue weighted by atomic mass is 9.94. The molecule has 542 valence electrons. The number of hydrogen-bond acceptors (Lipinski definition) is 9. The Morgan fingerprint density at radius 2 is 0.578 bits per heavy atom. The van der Waals surface area contributed by atoms with Crippen molar-refractivity contribution in [3.63, 3.8) is 0 Å². The Hall–Kier alpha value is -15.9. The normalized spacial score (nSPS) is 11.6. The van der Waals surface area contributed by atoms with E-state index < -0.39 is 0 Å². The Labute approximate surface area is 665 Å². The Bertz CT molecular complexity index is 7600. The molecule has 23 rings (SSSR count). The van der Waals surface area contributed by atoms with Crippen LogP contribution in [0.1, 0.15) is 0 Å². The van der Waals surface area contributed by atoms with Gasteiger partial charge in [-0.1, -0.05) is 322 Å². The molecule has 0 radical (unpaired) electrons. The SMILES string of the molecule is c1ccc(-c2cc(-c3ccc(-c4ccccc4-c4nc5ccccc5c5oc6c7ccccc7n(-c7ccccc7)c6c45)cc3)nc(-c3ccccc3)n2)cc1.c1ccc(-c2nc(-c3ccccc3)nc(-c3ccc(-c4ccc(-c5nc6ccccc6c6oc7c8ccccc8n(-c8cccc9ccccc89)c7c56)cc4)cc3)n2)cc1. The van der Waals surface area contributed by atoms with Crippen molar-refractivity contribution < 1.29 is 8.83 Å². The lowest BCUT2D eigenvalue weighted by Gasteiger charge is -2.14.